The molecule has 82 valence electrons. The molecule has 0 bridgehead atoms. The van der Waals surface area contributed by atoms with Crippen LogP contribution in [0, 0.1) is 0 Å². The number of aliphatic hydroxyl groups excluding tert-OH is 1. The molecule has 1 aromatic carbocycles. The molecule has 4 heteroatoms. The average molecular weight is 229 g/mol. The van der Waals surface area contributed by atoms with Crippen LogP contribution in [0.25, 0.3) is 0 Å². The molecule has 0 heterocycles. The first kappa shape index (κ1) is 12.0. The molecule has 1 atom stereocenters. The number of alkyl halides is 1. The van der Waals surface area contributed by atoms with Gasteiger partial charge in [-0.25, -0.2) is 0 Å². The van der Waals surface area contributed by atoms with Crippen LogP contribution in [-0.2, 0) is 16.1 Å². The Labute approximate surface area is 93.6 Å². The van der Waals surface area contributed by atoms with E-state index in [-0.39, 0.29) is 18.9 Å². The molecular weight excluding hydrogens is 216 g/mol. The number of halogens is 1. The van der Waals surface area contributed by atoms with E-state index in [1.807, 2.05) is 30.3 Å². The van der Waals surface area contributed by atoms with Crippen molar-refractivity contribution in [2.45, 2.75) is 19.1 Å². The number of esters is 1. The van der Waals surface area contributed by atoms with Crippen molar-refractivity contribution in [2.75, 3.05) is 5.88 Å². The molecule has 1 aromatic rings. The van der Waals surface area contributed by atoms with E-state index in [2.05, 4.69) is 0 Å². The molecule has 1 N–H and O–H groups in total. The van der Waals surface area contributed by atoms with Crippen LogP contribution >= 0.6 is 11.6 Å². The number of benzene rings is 1. The first-order valence-electron chi connectivity index (χ1n) is 4.66. The van der Waals surface area contributed by atoms with Gasteiger partial charge >= 0.3 is 5.97 Å². The van der Waals surface area contributed by atoms with Gasteiger partial charge in [-0.3, -0.25) is 4.79 Å². The molecule has 15 heavy (non-hydrogen) atoms. The second-order valence-corrected chi connectivity index (χ2v) is 3.47. The summed E-state index contributed by atoms with van der Waals surface area (Å²) in [4.78, 5) is 11.1. The molecule has 0 radical (unpaired) electrons. The predicted octanol–water partition coefficient (Wildman–Crippen LogP) is 1.72. The van der Waals surface area contributed by atoms with Gasteiger partial charge in [-0.15, -0.1) is 11.6 Å². The lowest BCUT2D eigenvalue weighted by Gasteiger charge is -2.07. The molecule has 0 saturated heterocycles. The van der Waals surface area contributed by atoms with Gasteiger partial charge in [0.05, 0.1) is 12.5 Å². The van der Waals surface area contributed by atoms with E-state index < -0.39 is 12.1 Å². The van der Waals surface area contributed by atoms with E-state index in [1.165, 1.54) is 0 Å². The zero-order valence-electron chi connectivity index (χ0n) is 8.23. The van der Waals surface area contributed by atoms with Crippen molar-refractivity contribution in [1.82, 2.24) is 0 Å². The number of carbonyl (C=O) groups is 1. The van der Waals surface area contributed by atoms with Crippen molar-refractivity contribution in [3.8, 4) is 0 Å². The summed E-state index contributed by atoms with van der Waals surface area (Å²) in [5.41, 5.74) is 0.922. The molecule has 0 aliphatic carbocycles. The molecule has 1 rings (SSSR count). The fraction of sp³-hybridized carbons (Fsp3) is 0.364. The van der Waals surface area contributed by atoms with Crippen molar-refractivity contribution >= 4 is 17.6 Å². The molecule has 0 aromatic heterocycles. The van der Waals surface area contributed by atoms with Crippen LogP contribution in [0.1, 0.15) is 12.0 Å². The van der Waals surface area contributed by atoms with Crippen LogP contribution in [0.3, 0.4) is 0 Å². The second kappa shape index (κ2) is 6.43. The van der Waals surface area contributed by atoms with Crippen LogP contribution < -0.4 is 0 Å². The monoisotopic (exact) mass is 228 g/mol. The van der Waals surface area contributed by atoms with E-state index in [9.17, 15) is 4.79 Å². The topological polar surface area (TPSA) is 46.5 Å². The average Bonchev–Trinajstić information content (AvgIpc) is 2.27. The third kappa shape index (κ3) is 4.81. The first-order valence-corrected chi connectivity index (χ1v) is 5.19. The van der Waals surface area contributed by atoms with Crippen molar-refractivity contribution in [3.05, 3.63) is 35.9 Å². The maximum absolute atomic E-state index is 11.1. The van der Waals surface area contributed by atoms with Gasteiger partial charge in [0.15, 0.2) is 0 Å². The van der Waals surface area contributed by atoms with Crippen molar-refractivity contribution < 1.29 is 14.6 Å². The molecule has 0 spiro atoms. The minimum absolute atomic E-state index is 0.0421. The van der Waals surface area contributed by atoms with E-state index >= 15 is 0 Å². The summed E-state index contributed by atoms with van der Waals surface area (Å²) < 4.78 is 4.94. The summed E-state index contributed by atoms with van der Waals surface area (Å²) in [6.07, 6.45) is -0.883. The highest BCUT2D eigenvalue weighted by atomic mass is 35.5. The number of hydrogen-bond acceptors (Lipinski definition) is 3. The largest absolute Gasteiger partial charge is 0.461 e. The second-order valence-electron chi connectivity index (χ2n) is 3.16. The fourth-order valence-electron chi connectivity index (χ4n) is 1.04. The Bertz CT molecular complexity index is 300. The van der Waals surface area contributed by atoms with Crippen molar-refractivity contribution in [2.24, 2.45) is 0 Å². The summed E-state index contributed by atoms with van der Waals surface area (Å²) in [6.45, 7) is 0.231. The Hall–Kier alpha value is -1.06. The van der Waals surface area contributed by atoms with E-state index in [0.29, 0.717) is 0 Å². The van der Waals surface area contributed by atoms with E-state index in [1.54, 1.807) is 0 Å². The van der Waals surface area contributed by atoms with Crippen molar-refractivity contribution in [1.29, 1.82) is 0 Å². The molecule has 0 aliphatic heterocycles. The molecule has 0 fully saturated rings. The quantitative estimate of drug-likeness (QED) is 0.617. The van der Waals surface area contributed by atoms with E-state index in [4.69, 9.17) is 21.4 Å². The Kier molecular flexibility index (Phi) is 5.15. The lowest BCUT2D eigenvalue weighted by Crippen LogP contribution is -2.16. The highest BCUT2D eigenvalue weighted by molar-refractivity contribution is 6.18. The fourth-order valence-corrected chi connectivity index (χ4v) is 1.15. The smallest absolute Gasteiger partial charge is 0.308 e. The molecule has 0 unspecified atom stereocenters. The van der Waals surface area contributed by atoms with Crippen LogP contribution in [-0.4, -0.2) is 23.1 Å². The number of rotatable bonds is 5. The van der Waals surface area contributed by atoms with Gasteiger partial charge < -0.3 is 9.84 Å². The normalized spacial score (nSPS) is 12.1. The van der Waals surface area contributed by atoms with Crippen LogP contribution in [0.5, 0.6) is 0 Å². The van der Waals surface area contributed by atoms with Crippen LogP contribution in [0.4, 0.5) is 0 Å². The summed E-state index contributed by atoms with van der Waals surface area (Å²) in [6, 6.07) is 9.37. The van der Waals surface area contributed by atoms with Gasteiger partial charge in [0, 0.05) is 5.88 Å². The Morgan fingerprint density at radius 1 is 1.40 bits per heavy atom. The first-order chi connectivity index (χ1) is 7.22. The SMILES string of the molecule is O=C(C[C@H](O)CCl)OCc1ccccc1. The van der Waals surface area contributed by atoms with Gasteiger partial charge in [0.2, 0.25) is 0 Å². The highest BCUT2D eigenvalue weighted by Gasteiger charge is 2.10. The maximum Gasteiger partial charge on any atom is 0.308 e. The molecule has 0 saturated carbocycles. The van der Waals surface area contributed by atoms with Gasteiger partial charge in [-0.2, -0.15) is 0 Å². The Morgan fingerprint density at radius 2 is 2.07 bits per heavy atom. The number of hydrogen-bond donors (Lipinski definition) is 1. The minimum Gasteiger partial charge on any atom is -0.461 e. The van der Waals surface area contributed by atoms with Gasteiger partial charge in [-0.05, 0) is 5.56 Å². The molecular formula is C11H13ClO3. The Morgan fingerprint density at radius 3 is 2.67 bits per heavy atom. The number of ether oxygens (including phenoxy) is 1. The van der Waals surface area contributed by atoms with Crippen molar-refractivity contribution in [3.63, 3.8) is 0 Å². The molecule has 0 amide bonds. The van der Waals surface area contributed by atoms with Gasteiger partial charge in [-0.1, -0.05) is 30.3 Å². The zero-order chi connectivity index (χ0) is 11.1. The van der Waals surface area contributed by atoms with Gasteiger partial charge in [0.25, 0.3) is 0 Å². The maximum atomic E-state index is 11.1. The summed E-state index contributed by atoms with van der Waals surface area (Å²) in [7, 11) is 0. The third-order valence-electron chi connectivity index (χ3n) is 1.82. The Balaban J connectivity index is 2.29. The molecule has 3 nitrogen and oxygen atoms in total. The summed E-state index contributed by atoms with van der Waals surface area (Å²) >= 11 is 5.36. The van der Waals surface area contributed by atoms with Crippen LogP contribution in [0.2, 0.25) is 0 Å². The lowest BCUT2D eigenvalue weighted by molar-refractivity contribution is -0.146. The predicted molar refractivity (Wildman–Crippen MR) is 57.6 cm³/mol. The summed E-state index contributed by atoms with van der Waals surface area (Å²) in [5.74, 6) is -0.396. The number of aliphatic hydroxyl groups is 1. The third-order valence-corrected chi connectivity index (χ3v) is 2.18. The highest BCUT2D eigenvalue weighted by Crippen LogP contribution is 2.03. The van der Waals surface area contributed by atoms with E-state index in [0.717, 1.165) is 5.56 Å². The van der Waals surface area contributed by atoms with Gasteiger partial charge in [0.1, 0.15) is 6.61 Å². The standard InChI is InChI=1S/C11H13ClO3/c12-7-10(13)6-11(14)15-8-9-4-2-1-3-5-9/h1-5,10,13H,6-8H2/t10-/m0/s1. The van der Waals surface area contributed by atoms with Crippen LogP contribution in [0.15, 0.2) is 30.3 Å². The number of carbonyl (C=O) groups excluding carboxylic acids is 1. The molecule has 0 aliphatic rings. The summed E-state index contributed by atoms with van der Waals surface area (Å²) in [5, 5.41) is 9.09. The zero-order valence-corrected chi connectivity index (χ0v) is 8.98. The lowest BCUT2D eigenvalue weighted by atomic mass is 10.2. The minimum atomic E-state index is -0.824.